The number of benzene rings is 1. The second-order valence-corrected chi connectivity index (χ2v) is 4.11. The van der Waals surface area contributed by atoms with E-state index in [4.69, 9.17) is 5.73 Å². The zero-order chi connectivity index (χ0) is 11.7. The van der Waals surface area contributed by atoms with E-state index in [1.165, 1.54) is 12.1 Å². The monoisotopic (exact) mass is 227 g/mol. The van der Waals surface area contributed by atoms with Crippen molar-refractivity contribution in [2.45, 2.75) is 0 Å². The lowest BCUT2D eigenvalue weighted by Crippen LogP contribution is -2.44. The van der Waals surface area contributed by atoms with Crippen LogP contribution in [0.1, 0.15) is 0 Å². The minimum Gasteiger partial charge on any atom is -0.394 e. The molecule has 0 radical (unpaired) electrons. The van der Waals surface area contributed by atoms with Gasteiger partial charge in [-0.2, -0.15) is 0 Å². The van der Waals surface area contributed by atoms with Crippen LogP contribution in [-0.4, -0.2) is 38.1 Å². The predicted molar refractivity (Wildman–Crippen MR) is 60.5 cm³/mol. The van der Waals surface area contributed by atoms with E-state index in [-0.39, 0.29) is 0 Å². The van der Waals surface area contributed by atoms with Gasteiger partial charge in [0.2, 0.25) is 0 Å². The summed E-state index contributed by atoms with van der Waals surface area (Å²) in [5.41, 5.74) is 5.39. The minimum absolute atomic E-state index is 0.405. The maximum atomic E-state index is 13.3. The van der Waals surface area contributed by atoms with Gasteiger partial charge in [-0.15, -0.1) is 0 Å². The highest BCUT2D eigenvalue weighted by Crippen LogP contribution is 2.24. The van der Waals surface area contributed by atoms with Crippen LogP contribution in [0.25, 0.3) is 0 Å². The summed E-state index contributed by atoms with van der Waals surface area (Å²) in [6.45, 7) is 3.35. The van der Waals surface area contributed by atoms with E-state index in [2.05, 4.69) is 4.90 Å². The van der Waals surface area contributed by atoms with Crippen molar-refractivity contribution in [3.05, 3.63) is 23.8 Å². The van der Waals surface area contributed by atoms with Gasteiger partial charge in [0.25, 0.3) is 0 Å². The lowest BCUT2D eigenvalue weighted by atomic mass is 10.2. The summed E-state index contributed by atoms with van der Waals surface area (Å²) in [5, 5.41) is 0. The van der Waals surface area contributed by atoms with Crippen LogP contribution in [0, 0.1) is 11.6 Å². The summed E-state index contributed by atoms with van der Waals surface area (Å²) in [6, 6.07) is 2.59. The van der Waals surface area contributed by atoms with Gasteiger partial charge in [-0.3, -0.25) is 0 Å². The number of rotatable bonds is 1. The molecule has 3 nitrogen and oxygen atoms in total. The second-order valence-electron chi connectivity index (χ2n) is 4.11. The van der Waals surface area contributed by atoms with Crippen LogP contribution in [0.3, 0.4) is 0 Å². The summed E-state index contributed by atoms with van der Waals surface area (Å²) in [6.07, 6.45) is 0. The first-order valence-electron chi connectivity index (χ1n) is 5.26. The standard InChI is InChI=1S/C11H15F2N3/c1-15-2-4-16(5-3-15)8-6-9(12)11(14)10(13)7-8/h6-7H,2-5,14H2,1H3. The Balaban J connectivity index is 2.21. The van der Waals surface area contributed by atoms with E-state index >= 15 is 0 Å². The number of nitrogens with zero attached hydrogens (tertiary/aromatic N) is 2. The Morgan fingerprint density at radius 3 is 2.06 bits per heavy atom. The minimum atomic E-state index is -0.686. The highest BCUT2D eigenvalue weighted by Gasteiger charge is 2.17. The van der Waals surface area contributed by atoms with E-state index < -0.39 is 17.3 Å². The highest BCUT2D eigenvalue weighted by atomic mass is 19.1. The SMILES string of the molecule is CN1CCN(c2cc(F)c(N)c(F)c2)CC1. The Bertz CT molecular complexity index is 364. The zero-order valence-electron chi connectivity index (χ0n) is 9.21. The van der Waals surface area contributed by atoms with Gasteiger partial charge in [0.05, 0.1) is 0 Å². The largest absolute Gasteiger partial charge is 0.394 e. The van der Waals surface area contributed by atoms with Crippen molar-refractivity contribution in [1.29, 1.82) is 0 Å². The Morgan fingerprint density at radius 2 is 1.56 bits per heavy atom. The first-order chi connectivity index (χ1) is 7.58. The van der Waals surface area contributed by atoms with Gasteiger partial charge in [0.15, 0.2) is 11.6 Å². The molecule has 1 fully saturated rings. The molecule has 0 spiro atoms. The fourth-order valence-corrected chi connectivity index (χ4v) is 1.82. The van der Waals surface area contributed by atoms with Crippen molar-refractivity contribution in [2.24, 2.45) is 0 Å². The molecule has 16 heavy (non-hydrogen) atoms. The number of piperazine rings is 1. The van der Waals surface area contributed by atoms with Crippen LogP contribution < -0.4 is 10.6 Å². The first kappa shape index (κ1) is 11.1. The molecule has 0 aromatic heterocycles. The molecule has 88 valence electrons. The van der Waals surface area contributed by atoms with Crippen molar-refractivity contribution in [1.82, 2.24) is 4.90 Å². The van der Waals surface area contributed by atoms with Gasteiger partial charge < -0.3 is 15.5 Å². The lowest BCUT2D eigenvalue weighted by molar-refractivity contribution is 0.312. The summed E-state index contributed by atoms with van der Waals surface area (Å²) < 4.78 is 26.5. The Kier molecular flexibility index (Phi) is 2.96. The molecule has 0 saturated carbocycles. The molecule has 0 atom stereocenters. The second kappa shape index (κ2) is 4.25. The molecular formula is C11H15F2N3. The van der Waals surface area contributed by atoms with Crippen molar-refractivity contribution >= 4 is 11.4 Å². The lowest BCUT2D eigenvalue weighted by Gasteiger charge is -2.34. The summed E-state index contributed by atoms with van der Waals surface area (Å²) >= 11 is 0. The van der Waals surface area contributed by atoms with Gasteiger partial charge >= 0.3 is 0 Å². The Morgan fingerprint density at radius 1 is 1.06 bits per heavy atom. The average molecular weight is 227 g/mol. The van der Waals surface area contributed by atoms with E-state index in [0.29, 0.717) is 5.69 Å². The number of nitrogens with two attached hydrogens (primary N) is 1. The number of nitrogen functional groups attached to an aromatic ring is 1. The fraction of sp³-hybridized carbons (Fsp3) is 0.455. The van der Waals surface area contributed by atoms with Crippen molar-refractivity contribution in [2.75, 3.05) is 43.9 Å². The molecule has 1 saturated heterocycles. The zero-order valence-corrected chi connectivity index (χ0v) is 9.21. The molecule has 0 aliphatic carbocycles. The van der Waals surface area contributed by atoms with E-state index in [9.17, 15) is 8.78 Å². The van der Waals surface area contributed by atoms with Gasteiger partial charge in [0.1, 0.15) is 5.69 Å². The normalized spacial score (nSPS) is 17.8. The summed E-state index contributed by atoms with van der Waals surface area (Å²) in [4.78, 5) is 4.14. The Hall–Kier alpha value is -1.36. The maximum Gasteiger partial charge on any atom is 0.151 e. The predicted octanol–water partition coefficient (Wildman–Crippen LogP) is 1.30. The van der Waals surface area contributed by atoms with Crippen LogP contribution in [0.4, 0.5) is 20.2 Å². The maximum absolute atomic E-state index is 13.3. The number of hydrogen-bond donors (Lipinski definition) is 1. The molecule has 1 heterocycles. The van der Waals surface area contributed by atoms with Crippen LogP contribution in [0.2, 0.25) is 0 Å². The van der Waals surface area contributed by atoms with Gasteiger partial charge in [-0.1, -0.05) is 0 Å². The van der Waals surface area contributed by atoms with Crippen molar-refractivity contribution in [3.8, 4) is 0 Å². The van der Waals surface area contributed by atoms with Crippen molar-refractivity contribution < 1.29 is 8.78 Å². The molecule has 5 heteroatoms. The number of halogens is 2. The van der Waals surface area contributed by atoms with Gasteiger partial charge in [0, 0.05) is 31.9 Å². The molecule has 1 aliphatic heterocycles. The number of likely N-dealkylation sites (N-methyl/N-ethyl adjacent to an activating group) is 1. The molecule has 1 aliphatic rings. The van der Waals surface area contributed by atoms with Crippen LogP contribution in [0.15, 0.2) is 12.1 Å². The third-order valence-electron chi connectivity index (χ3n) is 2.93. The number of hydrogen-bond acceptors (Lipinski definition) is 3. The van der Waals surface area contributed by atoms with Gasteiger partial charge in [-0.05, 0) is 19.2 Å². The average Bonchev–Trinajstić information content (AvgIpc) is 2.26. The van der Waals surface area contributed by atoms with Crippen molar-refractivity contribution in [3.63, 3.8) is 0 Å². The third-order valence-corrected chi connectivity index (χ3v) is 2.93. The van der Waals surface area contributed by atoms with E-state index in [0.717, 1.165) is 26.2 Å². The molecule has 1 aromatic rings. The summed E-state index contributed by atoms with van der Waals surface area (Å²) in [7, 11) is 2.03. The van der Waals surface area contributed by atoms with Crippen LogP contribution >= 0.6 is 0 Å². The number of anilines is 2. The first-order valence-corrected chi connectivity index (χ1v) is 5.26. The molecule has 0 bridgehead atoms. The Labute approximate surface area is 93.4 Å². The molecule has 1 aromatic carbocycles. The molecule has 2 N–H and O–H groups in total. The van der Waals surface area contributed by atoms with Crippen LogP contribution in [0.5, 0.6) is 0 Å². The molecule has 0 amide bonds. The van der Waals surface area contributed by atoms with E-state index in [1.54, 1.807) is 0 Å². The summed E-state index contributed by atoms with van der Waals surface area (Å²) in [5.74, 6) is -1.37. The molecule has 2 rings (SSSR count). The third kappa shape index (κ3) is 2.09. The fourth-order valence-electron chi connectivity index (χ4n) is 1.82. The quantitative estimate of drug-likeness (QED) is 0.734. The molecular weight excluding hydrogens is 212 g/mol. The smallest absolute Gasteiger partial charge is 0.151 e. The van der Waals surface area contributed by atoms with Gasteiger partial charge in [-0.25, -0.2) is 8.78 Å². The van der Waals surface area contributed by atoms with Crippen LogP contribution in [-0.2, 0) is 0 Å². The topological polar surface area (TPSA) is 32.5 Å². The molecule has 0 unspecified atom stereocenters. The highest BCUT2D eigenvalue weighted by molar-refractivity contribution is 5.55. The van der Waals surface area contributed by atoms with E-state index in [1.807, 2.05) is 11.9 Å².